The lowest BCUT2D eigenvalue weighted by Gasteiger charge is -2.36. The Balaban J connectivity index is 1.37. The van der Waals surface area contributed by atoms with Gasteiger partial charge in [-0.1, -0.05) is 36.4 Å². The number of carbonyl (C=O) groups excluding carboxylic acids is 1. The maximum absolute atomic E-state index is 12.7. The summed E-state index contributed by atoms with van der Waals surface area (Å²) in [4.78, 5) is 19.4. The highest BCUT2D eigenvalue weighted by atomic mass is 16.5. The first-order chi connectivity index (χ1) is 15.1. The second-order valence-electron chi connectivity index (χ2n) is 7.82. The van der Waals surface area contributed by atoms with Gasteiger partial charge in [0.15, 0.2) is 0 Å². The average molecular weight is 418 g/mol. The highest BCUT2D eigenvalue weighted by molar-refractivity contribution is 6.04. The predicted octanol–water partition coefficient (Wildman–Crippen LogP) is 4.53. The van der Waals surface area contributed by atoms with Crippen molar-refractivity contribution in [2.24, 2.45) is 0 Å². The normalized spacial score (nSPS) is 18.5. The molecule has 1 aliphatic heterocycles. The van der Waals surface area contributed by atoms with Gasteiger partial charge in [-0.2, -0.15) is 0 Å². The van der Waals surface area contributed by atoms with E-state index in [0.29, 0.717) is 23.6 Å². The molecule has 4 rings (SSSR count). The number of ether oxygens (including phenoxy) is 2. The fraction of sp³-hybridized carbons (Fsp3) is 0.280. The monoisotopic (exact) mass is 417 g/mol. The van der Waals surface area contributed by atoms with Gasteiger partial charge in [-0.25, -0.2) is 4.98 Å². The molecular formula is C25H27N3O3. The first kappa shape index (κ1) is 20.9. The Bertz CT molecular complexity index is 998. The Morgan fingerprint density at radius 3 is 2.55 bits per heavy atom. The van der Waals surface area contributed by atoms with Crippen LogP contribution in [0, 0.1) is 0 Å². The zero-order valence-electron chi connectivity index (χ0n) is 17.8. The molecule has 2 aromatic carbocycles. The van der Waals surface area contributed by atoms with E-state index in [0.717, 1.165) is 24.5 Å². The van der Waals surface area contributed by atoms with Crippen LogP contribution in [-0.4, -0.2) is 36.2 Å². The Labute approximate surface area is 182 Å². The van der Waals surface area contributed by atoms with Gasteiger partial charge in [-0.3, -0.25) is 4.79 Å². The smallest absolute Gasteiger partial charge is 0.255 e. The van der Waals surface area contributed by atoms with Crippen LogP contribution in [0.4, 0.5) is 11.5 Å². The van der Waals surface area contributed by atoms with Gasteiger partial charge >= 0.3 is 0 Å². The van der Waals surface area contributed by atoms with Crippen LogP contribution in [-0.2, 0) is 11.3 Å². The number of rotatable bonds is 6. The molecule has 0 radical (unpaired) electrons. The second-order valence-corrected chi connectivity index (χ2v) is 7.82. The van der Waals surface area contributed by atoms with Crippen LogP contribution in [0.2, 0.25) is 0 Å². The molecule has 1 amide bonds. The lowest BCUT2D eigenvalue weighted by Crippen LogP contribution is -2.45. The molecule has 6 nitrogen and oxygen atoms in total. The van der Waals surface area contributed by atoms with E-state index in [9.17, 15) is 4.79 Å². The Morgan fingerprint density at radius 2 is 1.84 bits per heavy atom. The Hall–Kier alpha value is -3.38. The highest BCUT2D eigenvalue weighted by Gasteiger charge is 2.23. The third kappa shape index (κ3) is 5.61. The van der Waals surface area contributed by atoms with Crippen molar-refractivity contribution in [2.45, 2.75) is 32.7 Å². The molecule has 3 aromatic rings. The fourth-order valence-corrected chi connectivity index (χ4v) is 3.68. The molecule has 1 N–H and O–H groups in total. The number of amides is 1. The van der Waals surface area contributed by atoms with Gasteiger partial charge in [-0.05, 0) is 49.7 Å². The van der Waals surface area contributed by atoms with Crippen molar-refractivity contribution in [3.8, 4) is 5.75 Å². The van der Waals surface area contributed by atoms with E-state index in [4.69, 9.17) is 9.47 Å². The lowest BCUT2D eigenvalue weighted by atomic mass is 10.2. The molecule has 0 saturated carbocycles. The van der Waals surface area contributed by atoms with Crippen LogP contribution in [0.5, 0.6) is 5.75 Å². The number of hydrogen-bond donors (Lipinski definition) is 1. The third-order valence-electron chi connectivity index (χ3n) is 5.09. The average Bonchev–Trinajstić information content (AvgIpc) is 2.78. The zero-order chi connectivity index (χ0) is 21.6. The molecule has 2 heterocycles. The molecular weight excluding hydrogens is 390 g/mol. The molecule has 0 spiro atoms. The molecule has 160 valence electrons. The number of benzene rings is 2. The molecule has 1 aromatic heterocycles. The summed E-state index contributed by atoms with van der Waals surface area (Å²) in [6, 6.07) is 20.9. The highest BCUT2D eigenvalue weighted by Crippen LogP contribution is 2.21. The summed E-state index contributed by atoms with van der Waals surface area (Å²) in [7, 11) is 0. The van der Waals surface area contributed by atoms with Gasteiger partial charge in [0, 0.05) is 18.7 Å². The van der Waals surface area contributed by atoms with Crippen molar-refractivity contribution >= 4 is 17.4 Å². The molecule has 0 bridgehead atoms. The van der Waals surface area contributed by atoms with Gasteiger partial charge in [0.25, 0.3) is 5.91 Å². The van der Waals surface area contributed by atoms with Crippen LogP contribution in [0.1, 0.15) is 29.8 Å². The summed E-state index contributed by atoms with van der Waals surface area (Å²) in [6.45, 7) is 6.19. The quantitative estimate of drug-likeness (QED) is 0.639. The van der Waals surface area contributed by atoms with Crippen molar-refractivity contribution in [3.05, 3.63) is 84.1 Å². The molecule has 1 saturated heterocycles. The number of carbonyl (C=O) groups is 1. The van der Waals surface area contributed by atoms with Gasteiger partial charge in [-0.15, -0.1) is 0 Å². The number of aromatic nitrogens is 1. The minimum atomic E-state index is -0.201. The van der Waals surface area contributed by atoms with Gasteiger partial charge in [0.05, 0.1) is 24.1 Å². The van der Waals surface area contributed by atoms with Gasteiger partial charge < -0.3 is 19.7 Å². The summed E-state index contributed by atoms with van der Waals surface area (Å²) in [6.07, 6.45) is 2.02. The van der Waals surface area contributed by atoms with E-state index in [1.165, 1.54) is 0 Å². The molecule has 1 aliphatic rings. The Morgan fingerprint density at radius 1 is 1.06 bits per heavy atom. The number of hydrogen-bond acceptors (Lipinski definition) is 5. The minimum Gasteiger partial charge on any atom is -0.489 e. The summed E-state index contributed by atoms with van der Waals surface area (Å²) in [5, 5.41) is 2.91. The summed E-state index contributed by atoms with van der Waals surface area (Å²) < 4.78 is 11.6. The Kier molecular flexibility index (Phi) is 6.48. The van der Waals surface area contributed by atoms with E-state index >= 15 is 0 Å². The first-order valence-corrected chi connectivity index (χ1v) is 10.5. The number of nitrogens with one attached hydrogen (secondary N) is 1. The molecule has 2 atom stereocenters. The van der Waals surface area contributed by atoms with Crippen LogP contribution >= 0.6 is 0 Å². The maximum atomic E-state index is 12.7. The SMILES string of the molecule is CC1CN(c2ccc(NC(=O)c3cccc(OCc4ccccc4)c3)cn2)CC(C)O1. The van der Waals surface area contributed by atoms with E-state index in [1.807, 2.05) is 54.6 Å². The second kappa shape index (κ2) is 9.62. The molecule has 1 fully saturated rings. The van der Waals surface area contributed by atoms with E-state index in [1.54, 1.807) is 18.3 Å². The van der Waals surface area contributed by atoms with Gasteiger partial charge in [0.2, 0.25) is 0 Å². The number of anilines is 2. The van der Waals surface area contributed by atoms with E-state index in [-0.39, 0.29) is 18.1 Å². The van der Waals surface area contributed by atoms with Crippen molar-refractivity contribution in [1.82, 2.24) is 4.98 Å². The minimum absolute atomic E-state index is 0.168. The number of morpholine rings is 1. The van der Waals surface area contributed by atoms with Crippen molar-refractivity contribution in [1.29, 1.82) is 0 Å². The van der Waals surface area contributed by atoms with Crippen molar-refractivity contribution in [3.63, 3.8) is 0 Å². The summed E-state index contributed by atoms with van der Waals surface area (Å²) in [5.41, 5.74) is 2.26. The number of pyridine rings is 1. The third-order valence-corrected chi connectivity index (χ3v) is 5.09. The van der Waals surface area contributed by atoms with Crippen LogP contribution in [0.3, 0.4) is 0 Å². The molecule has 31 heavy (non-hydrogen) atoms. The number of nitrogens with zero attached hydrogens (tertiary/aromatic N) is 2. The van der Waals surface area contributed by atoms with Crippen LogP contribution < -0.4 is 15.0 Å². The van der Waals surface area contributed by atoms with Crippen molar-refractivity contribution in [2.75, 3.05) is 23.3 Å². The maximum Gasteiger partial charge on any atom is 0.255 e. The zero-order valence-corrected chi connectivity index (χ0v) is 17.8. The van der Waals surface area contributed by atoms with Crippen molar-refractivity contribution < 1.29 is 14.3 Å². The first-order valence-electron chi connectivity index (χ1n) is 10.5. The summed E-state index contributed by atoms with van der Waals surface area (Å²) in [5.74, 6) is 1.34. The fourth-order valence-electron chi connectivity index (χ4n) is 3.68. The largest absolute Gasteiger partial charge is 0.489 e. The predicted molar refractivity (Wildman–Crippen MR) is 122 cm³/mol. The topological polar surface area (TPSA) is 63.7 Å². The summed E-state index contributed by atoms with van der Waals surface area (Å²) >= 11 is 0. The van der Waals surface area contributed by atoms with E-state index in [2.05, 4.69) is 29.0 Å². The van der Waals surface area contributed by atoms with Gasteiger partial charge in [0.1, 0.15) is 18.2 Å². The standard InChI is InChI=1S/C25H27N3O3/c1-18-15-28(16-19(2)31-18)24-12-11-22(14-26-24)27-25(29)21-9-6-10-23(13-21)30-17-20-7-4-3-5-8-20/h3-14,18-19H,15-17H2,1-2H3,(H,27,29). The molecule has 0 aliphatic carbocycles. The van der Waals surface area contributed by atoms with E-state index < -0.39 is 0 Å². The van der Waals surface area contributed by atoms with Crippen LogP contribution in [0.15, 0.2) is 72.9 Å². The van der Waals surface area contributed by atoms with Crippen LogP contribution in [0.25, 0.3) is 0 Å². The molecule has 6 heteroatoms. The molecule has 2 unspecified atom stereocenters. The lowest BCUT2D eigenvalue weighted by molar-refractivity contribution is -0.00545.